The molecule has 5 nitrogen and oxygen atoms in total. The van der Waals surface area contributed by atoms with Gasteiger partial charge in [0.05, 0.1) is 12.8 Å². The third kappa shape index (κ3) is 3.69. The van der Waals surface area contributed by atoms with Crippen LogP contribution in [0, 0.1) is 6.92 Å². The van der Waals surface area contributed by atoms with Gasteiger partial charge in [0, 0.05) is 24.0 Å². The molecule has 0 atom stereocenters. The van der Waals surface area contributed by atoms with Gasteiger partial charge in [-0.25, -0.2) is 4.98 Å². The van der Waals surface area contributed by atoms with E-state index in [1.807, 2.05) is 43.3 Å². The van der Waals surface area contributed by atoms with Crippen LogP contribution in [0.1, 0.15) is 18.4 Å². The Morgan fingerprint density at radius 2 is 1.91 bits per heavy atom. The van der Waals surface area contributed by atoms with Gasteiger partial charge in [0.25, 0.3) is 0 Å². The van der Waals surface area contributed by atoms with Crippen molar-refractivity contribution in [2.45, 2.75) is 20.4 Å². The molecular weight excluding hydrogens is 288 g/mol. The Hall–Kier alpha value is -2.82. The van der Waals surface area contributed by atoms with Gasteiger partial charge in [0.15, 0.2) is 0 Å². The predicted octanol–water partition coefficient (Wildman–Crippen LogP) is 4.15. The molecule has 1 N–H and O–H groups in total. The minimum atomic E-state index is 0.598. The number of aryl methyl sites for hydroxylation is 1. The van der Waals surface area contributed by atoms with Crippen LogP contribution in [0.25, 0.3) is 0 Å². The standard InChI is InChI=1S/C18H20N4O/c1-3-22(15-8-5-4-6-9-15)18-20-14(2)12-17(21-18)19-13-16-10-7-11-23-16/h4-12H,3,13H2,1-2H3,(H,19,20,21). The summed E-state index contributed by atoms with van der Waals surface area (Å²) in [5.74, 6) is 2.36. The molecule has 0 spiro atoms. The molecule has 0 aliphatic carbocycles. The van der Waals surface area contributed by atoms with Crippen molar-refractivity contribution in [1.82, 2.24) is 9.97 Å². The second-order valence-corrected chi connectivity index (χ2v) is 5.21. The van der Waals surface area contributed by atoms with E-state index >= 15 is 0 Å². The van der Waals surface area contributed by atoms with E-state index in [4.69, 9.17) is 4.42 Å². The van der Waals surface area contributed by atoms with Crippen LogP contribution in [0.5, 0.6) is 0 Å². The lowest BCUT2D eigenvalue weighted by Gasteiger charge is -2.21. The first-order valence-electron chi connectivity index (χ1n) is 7.71. The third-order valence-corrected chi connectivity index (χ3v) is 3.49. The molecule has 0 bridgehead atoms. The van der Waals surface area contributed by atoms with E-state index in [0.29, 0.717) is 12.5 Å². The SMILES string of the molecule is CCN(c1ccccc1)c1nc(C)cc(NCc2ccco2)n1. The summed E-state index contributed by atoms with van der Waals surface area (Å²) in [6.45, 7) is 5.46. The Morgan fingerprint density at radius 3 is 2.61 bits per heavy atom. The zero-order valence-electron chi connectivity index (χ0n) is 13.4. The van der Waals surface area contributed by atoms with E-state index in [1.54, 1.807) is 6.26 Å². The summed E-state index contributed by atoms with van der Waals surface area (Å²) in [4.78, 5) is 11.3. The van der Waals surface area contributed by atoms with Crippen LogP contribution < -0.4 is 10.2 Å². The number of hydrogen-bond donors (Lipinski definition) is 1. The van der Waals surface area contributed by atoms with Crippen LogP contribution in [-0.4, -0.2) is 16.5 Å². The predicted molar refractivity (Wildman–Crippen MR) is 91.9 cm³/mol. The highest BCUT2D eigenvalue weighted by molar-refractivity contribution is 5.58. The van der Waals surface area contributed by atoms with Gasteiger partial charge in [-0.2, -0.15) is 4.98 Å². The maximum Gasteiger partial charge on any atom is 0.232 e. The van der Waals surface area contributed by atoms with E-state index in [9.17, 15) is 0 Å². The average molecular weight is 308 g/mol. The summed E-state index contributed by atoms with van der Waals surface area (Å²) in [5.41, 5.74) is 2.00. The highest BCUT2D eigenvalue weighted by Crippen LogP contribution is 2.23. The van der Waals surface area contributed by atoms with Gasteiger partial charge in [0.1, 0.15) is 11.6 Å². The Balaban J connectivity index is 1.84. The van der Waals surface area contributed by atoms with E-state index in [1.165, 1.54) is 0 Å². The van der Waals surface area contributed by atoms with Crippen molar-refractivity contribution in [3.8, 4) is 0 Å². The number of furan rings is 1. The Morgan fingerprint density at radius 1 is 1.09 bits per heavy atom. The van der Waals surface area contributed by atoms with E-state index in [0.717, 1.165) is 29.5 Å². The molecule has 3 aromatic rings. The van der Waals surface area contributed by atoms with Crippen molar-refractivity contribution in [2.24, 2.45) is 0 Å². The summed E-state index contributed by atoms with van der Waals surface area (Å²) in [6.07, 6.45) is 1.67. The number of para-hydroxylation sites is 1. The smallest absolute Gasteiger partial charge is 0.232 e. The lowest BCUT2D eigenvalue weighted by Crippen LogP contribution is -2.19. The van der Waals surface area contributed by atoms with Gasteiger partial charge in [0.2, 0.25) is 5.95 Å². The van der Waals surface area contributed by atoms with E-state index < -0.39 is 0 Å². The van der Waals surface area contributed by atoms with Gasteiger partial charge < -0.3 is 14.6 Å². The molecule has 0 saturated heterocycles. The molecule has 118 valence electrons. The quantitative estimate of drug-likeness (QED) is 0.741. The number of rotatable bonds is 6. The van der Waals surface area contributed by atoms with Crippen molar-refractivity contribution in [1.29, 1.82) is 0 Å². The van der Waals surface area contributed by atoms with Crippen LogP contribution in [0.15, 0.2) is 59.2 Å². The molecule has 0 saturated carbocycles. The maximum absolute atomic E-state index is 5.34. The number of aromatic nitrogens is 2. The molecule has 0 aliphatic rings. The van der Waals surface area contributed by atoms with Crippen LogP contribution in [0.4, 0.5) is 17.5 Å². The summed E-state index contributed by atoms with van der Waals surface area (Å²) in [6, 6.07) is 15.9. The molecule has 0 amide bonds. The van der Waals surface area contributed by atoms with Crippen molar-refractivity contribution in [2.75, 3.05) is 16.8 Å². The summed E-state index contributed by atoms with van der Waals surface area (Å²) < 4.78 is 5.34. The summed E-state index contributed by atoms with van der Waals surface area (Å²) in [5, 5.41) is 3.29. The van der Waals surface area contributed by atoms with E-state index in [-0.39, 0.29) is 0 Å². The average Bonchev–Trinajstić information content (AvgIpc) is 3.08. The number of nitrogens with one attached hydrogen (secondary N) is 1. The van der Waals surface area contributed by atoms with Crippen molar-refractivity contribution in [3.63, 3.8) is 0 Å². The number of nitrogens with zero attached hydrogens (tertiary/aromatic N) is 3. The first-order chi connectivity index (χ1) is 11.3. The van der Waals surface area contributed by atoms with Gasteiger partial charge in [-0.1, -0.05) is 18.2 Å². The Bertz CT molecular complexity index is 741. The molecule has 0 radical (unpaired) electrons. The molecule has 0 aliphatic heterocycles. The largest absolute Gasteiger partial charge is 0.467 e. The van der Waals surface area contributed by atoms with Crippen molar-refractivity contribution >= 4 is 17.5 Å². The third-order valence-electron chi connectivity index (χ3n) is 3.49. The van der Waals surface area contributed by atoms with Crippen molar-refractivity contribution in [3.05, 3.63) is 66.2 Å². The second kappa shape index (κ2) is 6.96. The maximum atomic E-state index is 5.34. The molecule has 23 heavy (non-hydrogen) atoms. The lowest BCUT2D eigenvalue weighted by atomic mass is 10.3. The topological polar surface area (TPSA) is 54.2 Å². The van der Waals surface area contributed by atoms with Gasteiger partial charge in [-0.3, -0.25) is 0 Å². The molecule has 0 fully saturated rings. The molecular formula is C18H20N4O. The molecule has 0 unspecified atom stereocenters. The Labute approximate surface area is 136 Å². The van der Waals surface area contributed by atoms with Crippen LogP contribution >= 0.6 is 0 Å². The highest BCUT2D eigenvalue weighted by Gasteiger charge is 2.12. The number of hydrogen-bond acceptors (Lipinski definition) is 5. The second-order valence-electron chi connectivity index (χ2n) is 5.21. The van der Waals surface area contributed by atoms with Gasteiger partial charge in [-0.15, -0.1) is 0 Å². The molecule has 2 heterocycles. The number of anilines is 3. The fourth-order valence-electron chi connectivity index (χ4n) is 2.40. The normalized spacial score (nSPS) is 10.5. The molecule has 1 aromatic carbocycles. The highest BCUT2D eigenvalue weighted by atomic mass is 16.3. The monoisotopic (exact) mass is 308 g/mol. The fourth-order valence-corrected chi connectivity index (χ4v) is 2.40. The van der Waals surface area contributed by atoms with Crippen LogP contribution in [0.3, 0.4) is 0 Å². The summed E-state index contributed by atoms with van der Waals surface area (Å²) >= 11 is 0. The Kier molecular flexibility index (Phi) is 4.57. The minimum absolute atomic E-state index is 0.598. The zero-order valence-corrected chi connectivity index (χ0v) is 13.4. The molecule has 3 rings (SSSR count). The zero-order chi connectivity index (χ0) is 16.1. The summed E-state index contributed by atoms with van der Waals surface area (Å²) in [7, 11) is 0. The first kappa shape index (κ1) is 15.1. The van der Waals surface area contributed by atoms with Gasteiger partial charge >= 0.3 is 0 Å². The lowest BCUT2D eigenvalue weighted by molar-refractivity contribution is 0.518. The van der Waals surface area contributed by atoms with Crippen LogP contribution in [-0.2, 0) is 6.54 Å². The van der Waals surface area contributed by atoms with Crippen LogP contribution in [0.2, 0.25) is 0 Å². The van der Waals surface area contributed by atoms with Gasteiger partial charge in [-0.05, 0) is 38.1 Å². The van der Waals surface area contributed by atoms with E-state index in [2.05, 4.69) is 39.2 Å². The first-order valence-corrected chi connectivity index (χ1v) is 7.71. The van der Waals surface area contributed by atoms with Crippen molar-refractivity contribution < 1.29 is 4.42 Å². The minimum Gasteiger partial charge on any atom is -0.467 e. The number of benzene rings is 1. The molecule has 2 aromatic heterocycles. The molecule has 5 heteroatoms. The fraction of sp³-hybridized carbons (Fsp3) is 0.222.